The maximum absolute atomic E-state index is 11.4. The molecule has 1 atom stereocenters. The van der Waals surface area contributed by atoms with Gasteiger partial charge in [0.25, 0.3) is 5.91 Å². The highest BCUT2D eigenvalue weighted by atomic mass is 16.2. The first-order valence-corrected chi connectivity index (χ1v) is 4.40. The monoisotopic (exact) mass is 195 g/mol. The molecule has 1 heterocycles. The van der Waals surface area contributed by atoms with E-state index < -0.39 is 11.9 Å². The van der Waals surface area contributed by atoms with Gasteiger partial charge in [-0.15, -0.1) is 0 Å². The van der Waals surface area contributed by atoms with E-state index in [4.69, 9.17) is 5.73 Å². The lowest BCUT2D eigenvalue weighted by atomic mass is 10.2. The number of nitrogens with one attached hydrogen (secondary N) is 1. The van der Waals surface area contributed by atoms with Gasteiger partial charge in [0.2, 0.25) is 5.91 Å². The minimum atomic E-state index is -0.572. The van der Waals surface area contributed by atoms with Crippen molar-refractivity contribution in [1.29, 1.82) is 0 Å². The van der Waals surface area contributed by atoms with Crippen molar-refractivity contribution < 1.29 is 9.59 Å². The second-order valence-electron chi connectivity index (χ2n) is 3.00. The average molecular weight is 195 g/mol. The Morgan fingerprint density at radius 3 is 2.86 bits per heavy atom. The maximum atomic E-state index is 11.4. The number of carbonyl (C=O) groups excluding carboxylic acids is 2. The predicted molar refractivity (Wildman–Crippen MR) is 51.0 cm³/mol. The second kappa shape index (κ2) is 4.63. The lowest BCUT2D eigenvalue weighted by molar-refractivity contribution is -0.135. The molecule has 1 rings (SSSR count). The van der Waals surface area contributed by atoms with E-state index in [0.717, 1.165) is 0 Å². The quantitative estimate of drug-likeness (QED) is 0.489. The summed E-state index contributed by atoms with van der Waals surface area (Å²) in [7, 11) is 0. The van der Waals surface area contributed by atoms with Gasteiger partial charge in [-0.05, 0) is 12.8 Å². The van der Waals surface area contributed by atoms with E-state index in [9.17, 15) is 9.59 Å². The molecule has 3 N–H and O–H groups in total. The molecular formula is C9H13N3O2. The van der Waals surface area contributed by atoms with Gasteiger partial charge in [0.1, 0.15) is 6.04 Å². The van der Waals surface area contributed by atoms with Crippen molar-refractivity contribution in [2.45, 2.75) is 13.0 Å². The molecule has 0 radical (unpaired) electrons. The number of hydrogen-bond acceptors (Lipinski definition) is 3. The minimum Gasteiger partial charge on any atom is -0.368 e. The summed E-state index contributed by atoms with van der Waals surface area (Å²) in [5, 5.41) is 3.00. The summed E-state index contributed by atoms with van der Waals surface area (Å²) in [5.41, 5.74) is 5.17. The van der Waals surface area contributed by atoms with Crippen LogP contribution in [0.1, 0.15) is 6.92 Å². The van der Waals surface area contributed by atoms with E-state index in [-0.39, 0.29) is 5.91 Å². The second-order valence-corrected chi connectivity index (χ2v) is 3.00. The fourth-order valence-electron chi connectivity index (χ4n) is 1.38. The summed E-state index contributed by atoms with van der Waals surface area (Å²) in [6, 6.07) is -0.572. The van der Waals surface area contributed by atoms with Gasteiger partial charge in [-0.2, -0.15) is 0 Å². The molecule has 1 fully saturated rings. The highest BCUT2D eigenvalue weighted by Crippen LogP contribution is 2.02. The Labute approximate surface area is 82.6 Å². The van der Waals surface area contributed by atoms with Gasteiger partial charge in [0.05, 0.1) is 0 Å². The number of carbonyl (C=O) groups is 2. The van der Waals surface area contributed by atoms with Crippen molar-refractivity contribution >= 4 is 11.8 Å². The smallest absolute Gasteiger partial charge is 0.299 e. The summed E-state index contributed by atoms with van der Waals surface area (Å²) < 4.78 is 0. The summed E-state index contributed by atoms with van der Waals surface area (Å²) >= 11 is 0. The van der Waals surface area contributed by atoms with Gasteiger partial charge in [-0.25, -0.2) is 0 Å². The molecule has 1 unspecified atom stereocenters. The largest absolute Gasteiger partial charge is 0.368 e. The third-order valence-corrected chi connectivity index (χ3v) is 2.06. The number of rotatable bonds is 1. The van der Waals surface area contributed by atoms with Crippen molar-refractivity contribution in [3.63, 3.8) is 0 Å². The zero-order valence-electron chi connectivity index (χ0n) is 8.04. The Bertz CT molecular complexity index is 303. The molecular weight excluding hydrogens is 182 g/mol. The molecule has 1 aliphatic heterocycles. The third-order valence-electron chi connectivity index (χ3n) is 2.06. The highest BCUT2D eigenvalue weighted by molar-refractivity contribution is 5.97. The van der Waals surface area contributed by atoms with Crippen molar-refractivity contribution in [1.82, 2.24) is 10.2 Å². The molecule has 0 bridgehead atoms. The first kappa shape index (κ1) is 10.5. The molecule has 5 nitrogen and oxygen atoms in total. The zero-order chi connectivity index (χ0) is 10.6. The Kier molecular flexibility index (Phi) is 3.48. The van der Waals surface area contributed by atoms with Crippen LogP contribution < -0.4 is 11.1 Å². The molecule has 0 aromatic heterocycles. The van der Waals surface area contributed by atoms with E-state index in [1.807, 2.05) is 0 Å². The Morgan fingerprint density at radius 1 is 1.57 bits per heavy atom. The van der Waals surface area contributed by atoms with Crippen LogP contribution in [0.4, 0.5) is 0 Å². The molecule has 0 spiro atoms. The molecule has 14 heavy (non-hydrogen) atoms. The van der Waals surface area contributed by atoms with Crippen molar-refractivity contribution in [3.05, 3.63) is 0 Å². The molecule has 2 amide bonds. The molecule has 1 saturated heterocycles. The molecule has 5 heteroatoms. The van der Waals surface area contributed by atoms with Crippen LogP contribution in [0.15, 0.2) is 0 Å². The summed E-state index contributed by atoms with van der Waals surface area (Å²) in [6.07, 6.45) is 0. The number of primary amides is 1. The van der Waals surface area contributed by atoms with Gasteiger partial charge < -0.3 is 16.0 Å². The first-order chi connectivity index (χ1) is 6.66. The lowest BCUT2D eigenvalue weighted by Gasteiger charge is -2.32. The molecule has 0 aliphatic carbocycles. The molecule has 76 valence electrons. The zero-order valence-corrected chi connectivity index (χ0v) is 8.04. The van der Waals surface area contributed by atoms with Crippen molar-refractivity contribution in [3.8, 4) is 11.8 Å². The SMILES string of the molecule is CC#CC(=O)N1CCNCC1C(N)=O. The number of nitrogens with two attached hydrogens (primary N) is 1. The van der Waals surface area contributed by atoms with Crippen LogP contribution in [0.2, 0.25) is 0 Å². The van der Waals surface area contributed by atoms with Gasteiger partial charge >= 0.3 is 0 Å². The van der Waals surface area contributed by atoms with Crippen LogP contribution in [0.3, 0.4) is 0 Å². The van der Waals surface area contributed by atoms with Crippen LogP contribution in [0, 0.1) is 11.8 Å². The topological polar surface area (TPSA) is 75.4 Å². The molecule has 0 aromatic rings. The van der Waals surface area contributed by atoms with Crippen LogP contribution in [-0.4, -0.2) is 42.4 Å². The highest BCUT2D eigenvalue weighted by Gasteiger charge is 2.29. The van der Waals surface area contributed by atoms with Gasteiger partial charge in [0.15, 0.2) is 0 Å². The van der Waals surface area contributed by atoms with Crippen LogP contribution in [-0.2, 0) is 9.59 Å². The standard InChI is InChI=1S/C9H13N3O2/c1-2-3-8(13)12-5-4-11-6-7(12)9(10)14/h7,11H,4-6H2,1H3,(H2,10,14). The molecule has 0 saturated carbocycles. The van der Waals surface area contributed by atoms with E-state index >= 15 is 0 Å². The number of nitrogens with zero attached hydrogens (tertiary/aromatic N) is 1. The number of amides is 2. The van der Waals surface area contributed by atoms with E-state index in [1.54, 1.807) is 6.92 Å². The Morgan fingerprint density at radius 2 is 2.29 bits per heavy atom. The third kappa shape index (κ3) is 2.24. The van der Waals surface area contributed by atoms with E-state index in [1.165, 1.54) is 4.90 Å². The normalized spacial score (nSPS) is 20.9. The summed E-state index contributed by atoms with van der Waals surface area (Å²) in [4.78, 5) is 23.9. The number of hydrogen-bond donors (Lipinski definition) is 2. The number of piperazine rings is 1. The Hall–Kier alpha value is -1.54. The van der Waals surface area contributed by atoms with Gasteiger partial charge in [-0.3, -0.25) is 9.59 Å². The van der Waals surface area contributed by atoms with E-state index in [0.29, 0.717) is 19.6 Å². The van der Waals surface area contributed by atoms with Crippen LogP contribution >= 0.6 is 0 Å². The van der Waals surface area contributed by atoms with Crippen molar-refractivity contribution in [2.75, 3.05) is 19.6 Å². The summed E-state index contributed by atoms with van der Waals surface area (Å²) in [6.45, 7) is 3.13. The maximum Gasteiger partial charge on any atom is 0.299 e. The fraction of sp³-hybridized carbons (Fsp3) is 0.556. The van der Waals surface area contributed by atoms with Crippen LogP contribution in [0.25, 0.3) is 0 Å². The van der Waals surface area contributed by atoms with Crippen LogP contribution in [0.5, 0.6) is 0 Å². The van der Waals surface area contributed by atoms with Gasteiger partial charge in [-0.1, -0.05) is 5.92 Å². The van der Waals surface area contributed by atoms with E-state index in [2.05, 4.69) is 17.2 Å². The average Bonchev–Trinajstić information content (AvgIpc) is 2.18. The van der Waals surface area contributed by atoms with Crippen molar-refractivity contribution in [2.24, 2.45) is 5.73 Å². The predicted octanol–water partition coefficient (Wildman–Crippen LogP) is -1.70. The fourth-order valence-corrected chi connectivity index (χ4v) is 1.38. The summed E-state index contributed by atoms with van der Waals surface area (Å²) in [5.74, 6) is 4.08. The molecule has 1 aliphatic rings. The van der Waals surface area contributed by atoms with Gasteiger partial charge in [0, 0.05) is 19.6 Å². The first-order valence-electron chi connectivity index (χ1n) is 4.40. The Balaban J connectivity index is 2.75. The minimum absolute atomic E-state index is 0.335. The lowest BCUT2D eigenvalue weighted by Crippen LogP contribution is -2.58. The molecule has 0 aromatic carbocycles.